The second-order valence-electron chi connectivity index (χ2n) is 3.91. The van der Waals surface area contributed by atoms with E-state index < -0.39 is 0 Å². The molecule has 0 bridgehead atoms. The number of aryl methyl sites for hydroxylation is 1. The minimum absolute atomic E-state index is 0.0128. The normalized spacial score (nSPS) is 15.4. The van der Waals surface area contributed by atoms with Gasteiger partial charge in [0.15, 0.2) is 5.78 Å². The van der Waals surface area contributed by atoms with Crippen molar-refractivity contribution in [3.05, 3.63) is 58.1 Å². The first-order valence-electron chi connectivity index (χ1n) is 5.41. The maximum Gasteiger partial charge on any atom is 0.186 e. The first-order valence-corrected chi connectivity index (χ1v) is 5.79. The molecule has 1 aromatic carbocycles. The van der Waals surface area contributed by atoms with Crippen molar-refractivity contribution in [2.75, 3.05) is 0 Å². The third-order valence-electron chi connectivity index (χ3n) is 2.74. The smallest absolute Gasteiger partial charge is 0.186 e. The molecule has 2 nitrogen and oxygen atoms in total. The quantitative estimate of drug-likeness (QED) is 0.795. The highest BCUT2D eigenvalue weighted by molar-refractivity contribution is 6.30. The van der Waals surface area contributed by atoms with Gasteiger partial charge in [0.05, 0.1) is 0 Å². The lowest BCUT2D eigenvalue weighted by Gasteiger charge is -2.03. The van der Waals surface area contributed by atoms with Crippen molar-refractivity contribution in [2.24, 2.45) is 0 Å². The number of carbonyl (C=O) groups excluding carboxylic acids is 1. The maximum absolute atomic E-state index is 12.0. The molecular formula is C14H12ClNO. The molecule has 0 fully saturated rings. The monoisotopic (exact) mass is 245 g/mol. The van der Waals surface area contributed by atoms with Crippen LogP contribution in [0, 0.1) is 5.41 Å². The van der Waals surface area contributed by atoms with Crippen molar-refractivity contribution in [2.45, 2.75) is 12.8 Å². The zero-order chi connectivity index (χ0) is 12.3. The van der Waals surface area contributed by atoms with E-state index in [1.807, 2.05) is 6.07 Å². The van der Waals surface area contributed by atoms with Gasteiger partial charge in [-0.3, -0.25) is 4.79 Å². The lowest BCUT2D eigenvalue weighted by molar-refractivity contribution is 0.104. The summed E-state index contributed by atoms with van der Waals surface area (Å²) in [7, 11) is 0. The molecular weight excluding hydrogens is 234 g/mol. The van der Waals surface area contributed by atoms with E-state index in [4.69, 9.17) is 17.0 Å². The molecule has 0 aromatic heterocycles. The standard InChI is InChI=1S/C14H12ClNO/c15-12-5-6-13-11(9-12)4-3-10(2-1-7-16)8-14(13)17/h1-2,5-9,16H,3-4H2/b2-1-,16-7?. The van der Waals surface area contributed by atoms with Gasteiger partial charge in [-0.25, -0.2) is 0 Å². The summed E-state index contributed by atoms with van der Waals surface area (Å²) in [6.07, 6.45) is 7.87. The molecule has 0 radical (unpaired) electrons. The van der Waals surface area contributed by atoms with E-state index in [0.717, 1.165) is 29.5 Å². The van der Waals surface area contributed by atoms with Crippen LogP contribution in [0.4, 0.5) is 0 Å². The largest absolute Gasteiger partial charge is 0.309 e. The van der Waals surface area contributed by atoms with Crippen LogP contribution in [0.3, 0.4) is 0 Å². The summed E-state index contributed by atoms with van der Waals surface area (Å²) in [5.41, 5.74) is 2.68. The molecule has 1 aliphatic rings. The van der Waals surface area contributed by atoms with Crippen molar-refractivity contribution in [1.82, 2.24) is 0 Å². The molecule has 1 N–H and O–H groups in total. The minimum atomic E-state index is 0.0128. The van der Waals surface area contributed by atoms with Crippen LogP contribution in [0.15, 0.2) is 42.0 Å². The highest BCUT2D eigenvalue weighted by Crippen LogP contribution is 2.24. The van der Waals surface area contributed by atoms with Gasteiger partial charge in [-0.05, 0) is 54.3 Å². The van der Waals surface area contributed by atoms with Crippen LogP contribution in [0.5, 0.6) is 0 Å². The van der Waals surface area contributed by atoms with E-state index in [0.29, 0.717) is 5.02 Å². The Morgan fingerprint density at radius 3 is 2.88 bits per heavy atom. The molecule has 1 aromatic rings. The number of benzene rings is 1. The van der Waals surface area contributed by atoms with Gasteiger partial charge in [-0.1, -0.05) is 17.7 Å². The molecule has 0 amide bonds. The predicted octanol–water partition coefficient (Wildman–Crippen LogP) is 3.60. The fraction of sp³-hybridized carbons (Fsp3) is 0.143. The Morgan fingerprint density at radius 1 is 1.29 bits per heavy atom. The topological polar surface area (TPSA) is 40.9 Å². The number of ketones is 1. The van der Waals surface area contributed by atoms with Gasteiger partial charge < -0.3 is 5.41 Å². The molecule has 1 aliphatic carbocycles. The summed E-state index contributed by atoms with van der Waals surface area (Å²) in [5.74, 6) is 0.0128. The molecule has 0 saturated carbocycles. The highest BCUT2D eigenvalue weighted by atomic mass is 35.5. The Kier molecular flexibility index (Phi) is 3.55. The second kappa shape index (κ2) is 5.11. The van der Waals surface area contributed by atoms with Gasteiger partial charge in [-0.15, -0.1) is 0 Å². The third-order valence-corrected chi connectivity index (χ3v) is 2.97. The van der Waals surface area contributed by atoms with Gasteiger partial charge >= 0.3 is 0 Å². The summed E-state index contributed by atoms with van der Waals surface area (Å²) in [4.78, 5) is 12.0. The first kappa shape index (κ1) is 11.8. The Hall–Kier alpha value is -1.67. The summed E-state index contributed by atoms with van der Waals surface area (Å²) >= 11 is 5.93. The van der Waals surface area contributed by atoms with Crippen LogP contribution in [-0.4, -0.2) is 12.0 Å². The number of halogens is 1. The van der Waals surface area contributed by atoms with Gasteiger partial charge in [0.2, 0.25) is 0 Å². The van der Waals surface area contributed by atoms with Crippen LogP contribution in [0.25, 0.3) is 0 Å². The lowest BCUT2D eigenvalue weighted by atomic mass is 10.0. The van der Waals surface area contributed by atoms with E-state index in [9.17, 15) is 4.79 Å². The molecule has 17 heavy (non-hydrogen) atoms. The summed E-state index contributed by atoms with van der Waals surface area (Å²) < 4.78 is 0. The molecule has 0 atom stereocenters. The number of rotatable bonds is 2. The average Bonchev–Trinajstić information content (AvgIpc) is 2.46. The number of carbonyl (C=O) groups is 1. The van der Waals surface area contributed by atoms with Crippen LogP contribution in [0.2, 0.25) is 5.02 Å². The molecule has 0 aliphatic heterocycles. The number of hydrogen-bond acceptors (Lipinski definition) is 2. The highest BCUT2D eigenvalue weighted by Gasteiger charge is 2.14. The van der Waals surface area contributed by atoms with Crippen molar-refractivity contribution < 1.29 is 4.79 Å². The first-order chi connectivity index (χ1) is 8.20. The summed E-state index contributed by atoms with van der Waals surface area (Å²) in [6, 6.07) is 5.37. The minimum Gasteiger partial charge on any atom is -0.309 e. The van der Waals surface area contributed by atoms with E-state index >= 15 is 0 Å². The van der Waals surface area contributed by atoms with E-state index in [-0.39, 0.29) is 5.78 Å². The van der Waals surface area contributed by atoms with Crippen molar-refractivity contribution >= 4 is 23.6 Å². The van der Waals surface area contributed by atoms with Crippen LogP contribution < -0.4 is 0 Å². The van der Waals surface area contributed by atoms with E-state index in [2.05, 4.69) is 0 Å². The second-order valence-corrected chi connectivity index (χ2v) is 4.35. The number of allylic oxidation sites excluding steroid dienone is 4. The Labute approximate surface area is 105 Å². The van der Waals surface area contributed by atoms with Crippen molar-refractivity contribution in [3.8, 4) is 0 Å². The molecule has 0 heterocycles. The summed E-state index contributed by atoms with van der Waals surface area (Å²) in [6.45, 7) is 0. The van der Waals surface area contributed by atoms with Gasteiger partial charge in [0.25, 0.3) is 0 Å². The van der Waals surface area contributed by atoms with Crippen molar-refractivity contribution in [3.63, 3.8) is 0 Å². The third kappa shape index (κ3) is 2.71. The average molecular weight is 246 g/mol. The Bertz CT molecular complexity index is 529. The van der Waals surface area contributed by atoms with Crippen LogP contribution in [0.1, 0.15) is 22.3 Å². The number of nitrogens with one attached hydrogen (secondary N) is 1. The van der Waals surface area contributed by atoms with E-state index in [1.54, 1.807) is 30.4 Å². The molecule has 3 heteroatoms. The molecule has 0 spiro atoms. The van der Waals surface area contributed by atoms with Gasteiger partial charge in [0, 0.05) is 16.8 Å². The molecule has 0 unspecified atom stereocenters. The van der Waals surface area contributed by atoms with Crippen molar-refractivity contribution in [1.29, 1.82) is 5.41 Å². The van der Waals surface area contributed by atoms with Crippen LogP contribution in [-0.2, 0) is 6.42 Å². The Morgan fingerprint density at radius 2 is 2.12 bits per heavy atom. The Balaban J connectivity index is 2.36. The SMILES string of the molecule is N=C/C=C\C1=CC(=O)c2ccc(Cl)cc2CC1. The van der Waals surface area contributed by atoms with Crippen LogP contribution >= 0.6 is 11.6 Å². The summed E-state index contributed by atoms with van der Waals surface area (Å²) in [5, 5.41) is 7.60. The lowest BCUT2D eigenvalue weighted by Crippen LogP contribution is -1.97. The van der Waals surface area contributed by atoms with E-state index in [1.165, 1.54) is 6.21 Å². The predicted molar refractivity (Wildman–Crippen MR) is 70.1 cm³/mol. The fourth-order valence-electron chi connectivity index (χ4n) is 1.91. The zero-order valence-electron chi connectivity index (χ0n) is 9.24. The fourth-order valence-corrected chi connectivity index (χ4v) is 2.10. The zero-order valence-corrected chi connectivity index (χ0v) is 10.00. The van der Waals surface area contributed by atoms with Gasteiger partial charge in [-0.2, -0.15) is 0 Å². The molecule has 86 valence electrons. The molecule has 2 rings (SSSR count). The van der Waals surface area contributed by atoms with Gasteiger partial charge in [0.1, 0.15) is 0 Å². The number of fused-ring (bicyclic) bond motifs is 1. The number of hydrogen-bond donors (Lipinski definition) is 1. The molecule has 0 saturated heterocycles. The maximum atomic E-state index is 12.0.